The summed E-state index contributed by atoms with van der Waals surface area (Å²) in [6, 6.07) is 12.8. The molecule has 4 nitrogen and oxygen atoms in total. The van der Waals surface area contributed by atoms with E-state index in [9.17, 15) is 9.59 Å². The van der Waals surface area contributed by atoms with Crippen LogP contribution in [0.4, 0.5) is 0 Å². The molecule has 128 valence electrons. The lowest BCUT2D eigenvalue weighted by molar-refractivity contribution is 0.0711. The van der Waals surface area contributed by atoms with Crippen molar-refractivity contribution in [3.63, 3.8) is 0 Å². The number of carbonyl (C=O) groups is 1. The molecule has 0 radical (unpaired) electrons. The molecule has 1 aromatic heterocycles. The van der Waals surface area contributed by atoms with Gasteiger partial charge in [-0.3, -0.25) is 9.59 Å². The van der Waals surface area contributed by atoms with Crippen molar-refractivity contribution < 1.29 is 9.21 Å². The van der Waals surface area contributed by atoms with E-state index in [2.05, 4.69) is 0 Å². The third-order valence-corrected chi connectivity index (χ3v) is 4.72. The van der Waals surface area contributed by atoms with Crippen LogP contribution in [0.3, 0.4) is 0 Å². The molecule has 6 heteroatoms. The third kappa shape index (κ3) is 3.41. The summed E-state index contributed by atoms with van der Waals surface area (Å²) >= 11 is 12.1. The Balaban J connectivity index is 1.96. The molecule has 1 unspecified atom stereocenters. The van der Waals surface area contributed by atoms with Crippen LogP contribution in [-0.4, -0.2) is 17.9 Å². The van der Waals surface area contributed by atoms with Gasteiger partial charge in [0, 0.05) is 23.2 Å². The molecule has 3 aromatic rings. The lowest BCUT2D eigenvalue weighted by atomic mass is 10.1. The smallest absolute Gasteiger partial charge is 0.289 e. The second-order valence-electron chi connectivity index (χ2n) is 5.73. The highest BCUT2D eigenvalue weighted by atomic mass is 35.5. The van der Waals surface area contributed by atoms with Crippen LogP contribution in [0.2, 0.25) is 10.0 Å². The van der Waals surface area contributed by atoms with Crippen LogP contribution in [0, 0.1) is 0 Å². The van der Waals surface area contributed by atoms with E-state index < -0.39 is 5.91 Å². The number of halogens is 2. The Morgan fingerprint density at radius 3 is 2.56 bits per heavy atom. The molecule has 0 aliphatic rings. The minimum absolute atomic E-state index is 0.0110. The van der Waals surface area contributed by atoms with Crippen molar-refractivity contribution >= 4 is 40.1 Å². The average Bonchev–Trinajstić information content (AvgIpc) is 2.60. The molecule has 0 bridgehead atoms. The quantitative estimate of drug-likeness (QED) is 0.651. The van der Waals surface area contributed by atoms with Gasteiger partial charge in [0.05, 0.1) is 11.4 Å². The number of para-hydroxylation sites is 1. The van der Waals surface area contributed by atoms with Crippen LogP contribution in [0.1, 0.15) is 29.1 Å². The molecule has 0 N–H and O–H groups in total. The number of rotatable bonds is 3. The molecule has 0 saturated carbocycles. The topological polar surface area (TPSA) is 50.5 Å². The molecule has 1 heterocycles. The van der Waals surface area contributed by atoms with Gasteiger partial charge in [0.2, 0.25) is 0 Å². The van der Waals surface area contributed by atoms with Crippen LogP contribution in [0.25, 0.3) is 11.0 Å². The molecule has 2 aromatic carbocycles. The molecule has 25 heavy (non-hydrogen) atoms. The Hall–Kier alpha value is -2.30. The van der Waals surface area contributed by atoms with E-state index in [1.54, 1.807) is 49.5 Å². The van der Waals surface area contributed by atoms with Gasteiger partial charge in [-0.05, 0) is 36.8 Å². The number of hydrogen-bond donors (Lipinski definition) is 0. The van der Waals surface area contributed by atoms with Gasteiger partial charge >= 0.3 is 0 Å². The van der Waals surface area contributed by atoms with Crippen LogP contribution in [0.5, 0.6) is 0 Å². The van der Waals surface area contributed by atoms with E-state index in [0.717, 1.165) is 5.56 Å². The fraction of sp³-hybridized carbons (Fsp3) is 0.158. The Morgan fingerprint density at radius 1 is 1.12 bits per heavy atom. The van der Waals surface area contributed by atoms with Crippen molar-refractivity contribution in [2.75, 3.05) is 7.05 Å². The lowest BCUT2D eigenvalue weighted by Gasteiger charge is -2.25. The summed E-state index contributed by atoms with van der Waals surface area (Å²) in [5, 5.41) is 1.44. The maximum absolute atomic E-state index is 12.8. The average molecular weight is 376 g/mol. The van der Waals surface area contributed by atoms with Crippen molar-refractivity contribution in [2.24, 2.45) is 0 Å². The van der Waals surface area contributed by atoms with E-state index >= 15 is 0 Å². The zero-order valence-electron chi connectivity index (χ0n) is 13.6. The standard InChI is InChI=1S/C19H15Cl2NO3/c1-11(13-8-7-12(20)9-15(13)21)22(2)19(24)18-10-16(23)14-5-3-4-6-17(14)25-18/h3-11H,1-2H3. The van der Waals surface area contributed by atoms with Gasteiger partial charge in [-0.1, -0.05) is 41.4 Å². The number of amides is 1. The van der Waals surface area contributed by atoms with E-state index in [-0.39, 0.29) is 17.2 Å². The van der Waals surface area contributed by atoms with Crippen molar-refractivity contribution in [1.29, 1.82) is 0 Å². The SMILES string of the molecule is CC(c1ccc(Cl)cc1Cl)N(C)C(=O)c1cc(=O)c2ccccc2o1. The second-order valence-corrected chi connectivity index (χ2v) is 6.57. The zero-order chi connectivity index (χ0) is 18.1. The van der Waals surface area contributed by atoms with Crippen molar-refractivity contribution in [1.82, 2.24) is 4.90 Å². The summed E-state index contributed by atoms with van der Waals surface area (Å²) in [5.74, 6) is -0.412. The molecule has 1 atom stereocenters. The van der Waals surface area contributed by atoms with Crippen molar-refractivity contribution in [2.45, 2.75) is 13.0 Å². The highest BCUT2D eigenvalue weighted by Gasteiger charge is 2.23. The van der Waals surface area contributed by atoms with Gasteiger partial charge < -0.3 is 9.32 Å². The molecule has 0 aliphatic heterocycles. The Kier molecular flexibility index (Phi) is 4.84. The van der Waals surface area contributed by atoms with E-state index in [1.807, 2.05) is 6.92 Å². The van der Waals surface area contributed by atoms with Gasteiger partial charge in [-0.15, -0.1) is 0 Å². The fourth-order valence-electron chi connectivity index (χ4n) is 2.61. The largest absolute Gasteiger partial charge is 0.451 e. The molecule has 0 aliphatic carbocycles. The van der Waals surface area contributed by atoms with Crippen LogP contribution in [-0.2, 0) is 0 Å². The molecule has 3 rings (SSSR count). The van der Waals surface area contributed by atoms with Crippen molar-refractivity contribution in [3.05, 3.63) is 80.1 Å². The van der Waals surface area contributed by atoms with Gasteiger partial charge in [-0.25, -0.2) is 0 Å². The highest BCUT2D eigenvalue weighted by Crippen LogP contribution is 2.29. The monoisotopic (exact) mass is 375 g/mol. The van der Waals surface area contributed by atoms with E-state index in [4.69, 9.17) is 27.6 Å². The summed E-state index contributed by atoms with van der Waals surface area (Å²) in [5.41, 5.74) is 0.879. The molecule has 1 amide bonds. The summed E-state index contributed by atoms with van der Waals surface area (Å²) in [6.07, 6.45) is 0. The van der Waals surface area contributed by atoms with Gasteiger partial charge in [0.1, 0.15) is 5.58 Å². The first-order valence-corrected chi connectivity index (χ1v) is 8.39. The summed E-state index contributed by atoms with van der Waals surface area (Å²) in [6.45, 7) is 1.84. The van der Waals surface area contributed by atoms with Crippen LogP contribution >= 0.6 is 23.2 Å². The second kappa shape index (κ2) is 6.90. The minimum atomic E-state index is -0.402. The van der Waals surface area contributed by atoms with Gasteiger partial charge in [0.15, 0.2) is 11.2 Å². The van der Waals surface area contributed by atoms with Crippen LogP contribution in [0.15, 0.2) is 57.7 Å². The molecule has 0 saturated heterocycles. The predicted octanol–water partition coefficient (Wildman–Crippen LogP) is 4.93. The normalized spacial score (nSPS) is 12.2. The highest BCUT2D eigenvalue weighted by molar-refractivity contribution is 6.35. The number of carbonyl (C=O) groups excluding carboxylic acids is 1. The maximum Gasteiger partial charge on any atom is 0.289 e. The lowest BCUT2D eigenvalue weighted by Crippen LogP contribution is -2.30. The van der Waals surface area contributed by atoms with E-state index in [1.165, 1.54) is 11.0 Å². The predicted molar refractivity (Wildman–Crippen MR) is 99.5 cm³/mol. The van der Waals surface area contributed by atoms with Crippen molar-refractivity contribution in [3.8, 4) is 0 Å². The number of fused-ring (bicyclic) bond motifs is 1. The Morgan fingerprint density at radius 2 is 1.84 bits per heavy atom. The summed E-state index contributed by atoms with van der Waals surface area (Å²) < 4.78 is 5.62. The van der Waals surface area contributed by atoms with E-state index in [0.29, 0.717) is 21.0 Å². The van der Waals surface area contributed by atoms with Crippen LogP contribution < -0.4 is 5.43 Å². The molecular formula is C19H15Cl2NO3. The first-order valence-electron chi connectivity index (χ1n) is 7.63. The number of benzene rings is 2. The zero-order valence-corrected chi connectivity index (χ0v) is 15.1. The fourth-order valence-corrected chi connectivity index (χ4v) is 3.17. The Labute approximate surface area is 154 Å². The molecule has 0 spiro atoms. The molecular weight excluding hydrogens is 361 g/mol. The maximum atomic E-state index is 12.8. The third-order valence-electron chi connectivity index (χ3n) is 4.16. The summed E-state index contributed by atoms with van der Waals surface area (Å²) in [7, 11) is 1.63. The minimum Gasteiger partial charge on any atom is -0.451 e. The number of hydrogen-bond acceptors (Lipinski definition) is 3. The summed E-state index contributed by atoms with van der Waals surface area (Å²) in [4.78, 5) is 26.4. The van der Waals surface area contributed by atoms with Gasteiger partial charge in [-0.2, -0.15) is 0 Å². The first kappa shape index (κ1) is 17.5. The van der Waals surface area contributed by atoms with Gasteiger partial charge in [0.25, 0.3) is 5.91 Å². The molecule has 0 fully saturated rings. The Bertz CT molecular complexity index is 1010. The first-order chi connectivity index (χ1) is 11.9. The number of nitrogens with zero attached hydrogens (tertiary/aromatic N) is 1.